The molecule has 0 spiro atoms. The van der Waals surface area contributed by atoms with E-state index in [0.717, 1.165) is 25.8 Å². The molecule has 1 aliphatic rings. The maximum absolute atomic E-state index is 11.4. The van der Waals surface area contributed by atoms with Crippen LogP contribution in [0.3, 0.4) is 0 Å². The van der Waals surface area contributed by atoms with Gasteiger partial charge in [0, 0.05) is 19.5 Å². The van der Waals surface area contributed by atoms with Gasteiger partial charge in [-0.3, -0.25) is 9.59 Å². The van der Waals surface area contributed by atoms with Crippen molar-refractivity contribution in [3.63, 3.8) is 0 Å². The van der Waals surface area contributed by atoms with Crippen molar-refractivity contribution in [2.24, 2.45) is 0 Å². The molecular formula is C9H15NO3. The number of hydrogen-bond donors (Lipinski definition) is 1. The summed E-state index contributed by atoms with van der Waals surface area (Å²) in [5.74, 6) is -0.726. The number of rotatable bonds is 3. The van der Waals surface area contributed by atoms with E-state index < -0.39 is 5.97 Å². The SMILES string of the molecule is O=C(O)CCN1CCCCCC1=O. The minimum atomic E-state index is -0.836. The Hall–Kier alpha value is -1.06. The van der Waals surface area contributed by atoms with Gasteiger partial charge in [-0.25, -0.2) is 0 Å². The summed E-state index contributed by atoms with van der Waals surface area (Å²) in [7, 11) is 0. The molecule has 74 valence electrons. The van der Waals surface area contributed by atoms with E-state index in [4.69, 9.17) is 5.11 Å². The van der Waals surface area contributed by atoms with Gasteiger partial charge in [0.15, 0.2) is 0 Å². The zero-order valence-corrected chi connectivity index (χ0v) is 7.66. The molecule has 13 heavy (non-hydrogen) atoms. The average molecular weight is 185 g/mol. The van der Waals surface area contributed by atoms with Crippen LogP contribution < -0.4 is 0 Å². The third kappa shape index (κ3) is 3.44. The molecule has 0 saturated carbocycles. The zero-order chi connectivity index (χ0) is 9.68. The first-order chi connectivity index (χ1) is 6.20. The van der Waals surface area contributed by atoms with Crippen molar-refractivity contribution in [3.8, 4) is 0 Å². The highest BCUT2D eigenvalue weighted by atomic mass is 16.4. The standard InChI is InChI=1S/C9H15NO3/c11-8-4-2-1-3-6-10(8)7-5-9(12)13/h1-7H2,(H,12,13). The largest absolute Gasteiger partial charge is 0.481 e. The molecule has 0 aliphatic carbocycles. The number of nitrogens with zero attached hydrogens (tertiary/aromatic N) is 1. The highest BCUT2D eigenvalue weighted by molar-refractivity contribution is 5.77. The lowest BCUT2D eigenvalue weighted by Crippen LogP contribution is -2.32. The molecule has 0 aromatic carbocycles. The van der Waals surface area contributed by atoms with Gasteiger partial charge in [0.05, 0.1) is 6.42 Å². The van der Waals surface area contributed by atoms with Gasteiger partial charge >= 0.3 is 5.97 Å². The molecule has 0 atom stereocenters. The Kier molecular flexibility index (Phi) is 3.73. The molecule has 1 N–H and O–H groups in total. The number of carboxylic acids is 1. The van der Waals surface area contributed by atoms with Crippen molar-refractivity contribution in [2.45, 2.75) is 32.1 Å². The van der Waals surface area contributed by atoms with Gasteiger partial charge in [-0.05, 0) is 12.8 Å². The van der Waals surface area contributed by atoms with Crippen molar-refractivity contribution in [1.82, 2.24) is 4.90 Å². The number of aliphatic carboxylic acids is 1. The molecule has 4 heteroatoms. The maximum atomic E-state index is 11.4. The van der Waals surface area contributed by atoms with Crippen LogP contribution in [0.1, 0.15) is 32.1 Å². The molecule has 4 nitrogen and oxygen atoms in total. The summed E-state index contributed by atoms with van der Waals surface area (Å²) in [6, 6.07) is 0. The van der Waals surface area contributed by atoms with E-state index in [2.05, 4.69) is 0 Å². The fraction of sp³-hybridized carbons (Fsp3) is 0.778. The van der Waals surface area contributed by atoms with Crippen molar-refractivity contribution in [3.05, 3.63) is 0 Å². The zero-order valence-electron chi connectivity index (χ0n) is 7.66. The molecule has 0 aromatic rings. The third-order valence-corrected chi connectivity index (χ3v) is 2.27. The minimum Gasteiger partial charge on any atom is -0.481 e. The summed E-state index contributed by atoms with van der Waals surface area (Å²) in [5, 5.41) is 8.46. The van der Waals surface area contributed by atoms with Crippen LogP contribution in [0.5, 0.6) is 0 Å². The van der Waals surface area contributed by atoms with E-state index in [1.807, 2.05) is 0 Å². The number of hydrogen-bond acceptors (Lipinski definition) is 2. The number of carboxylic acid groups (broad SMARTS) is 1. The lowest BCUT2D eigenvalue weighted by atomic mass is 10.2. The van der Waals surface area contributed by atoms with E-state index in [1.165, 1.54) is 0 Å². The summed E-state index contributed by atoms with van der Waals surface area (Å²) in [6.45, 7) is 1.10. The minimum absolute atomic E-state index is 0.0612. The van der Waals surface area contributed by atoms with Crippen molar-refractivity contribution >= 4 is 11.9 Å². The van der Waals surface area contributed by atoms with Crippen LogP contribution in [-0.4, -0.2) is 35.0 Å². The van der Waals surface area contributed by atoms with Crippen molar-refractivity contribution in [2.75, 3.05) is 13.1 Å². The predicted octanol–water partition coefficient (Wildman–Crippen LogP) is 0.864. The van der Waals surface area contributed by atoms with Crippen LogP contribution >= 0.6 is 0 Å². The van der Waals surface area contributed by atoms with E-state index in [-0.39, 0.29) is 12.3 Å². The van der Waals surface area contributed by atoms with Crippen LogP contribution in [0, 0.1) is 0 Å². The quantitative estimate of drug-likeness (QED) is 0.709. The van der Waals surface area contributed by atoms with Gasteiger partial charge in [0.2, 0.25) is 5.91 Å². The van der Waals surface area contributed by atoms with Crippen LogP contribution in [0.25, 0.3) is 0 Å². The Morgan fingerprint density at radius 2 is 2.15 bits per heavy atom. The van der Waals surface area contributed by atoms with Gasteiger partial charge < -0.3 is 10.0 Å². The Balaban J connectivity index is 2.36. The van der Waals surface area contributed by atoms with Crippen LogP contribution in [0.4, 0.5) is 0 Å². The lowest BCUT2D eigenvalue weighted by molar-refractivity contribution is -0.138. The first kappa shape index (κ1) is 10.0. The van der Waals surface area contributed by atoms with Gasteiger partial charge in [-0.1, -0.05) is 6.42 Å². The number of likely N-dealkylation sites (tertiary alicyclic amines) is 1. The fourth-order valence-corrected chi connectivity index (χ4v) is 1.51. The molecule has 0 bridgehead atoms. The maximum Gasteiger partial charge on any atom is 0.305 e. The van der Waals surface area contributed by atoms with Gasteiger partial charge in [0.25, 0.3) is 0 Å². The smallest absolute Gasteiger partial charge is 0.305 e. The Labute approximate surface area is 77.5 Å². The molecule has 0 unspecified atom stereocenters. The van der Waals surface area contributed by atoms with E-state index in [9.17, 15) is 9.59 Å². The highest BCUT2D eigenvalue weighted by Gasteiger charge is 2.16. The molecule has 1 rings (SSSR count). The Morgan fingerprint density at radius 1 is 1.38 bits per heavy atom. The first-order valence-corrected chi connectivity index (χ1v) is 4.70. The second-order valence-corrected chi connectivity index (χ2v) is 3.34. The summed E-state index contributed by atoms with van der Waals surface area (Å²) in [5.41, 5.74) is 0. The molecule has 1 heterocycles. The predicted molar refractivity (Wildman–Crippen MR) is 47.3 cm³/mol. The number of carbonyl (C=O) groups is 2. The van der Waals surface area contributed by atoms with Gasteiger partial charge in [-0.2, -0.15) is 0 Å². The molecular weight excluding hydrogens is 170 g/mol. The molecule has 1 amide bonds. The van der Waals surface area contributed by atoms with E-state index in [1.54, 1.807) is 4.90 Å². The third-order valence-electron chi connectivity index (χ3n) is 2.27. The summed E-state index contributed by atoms with van der Waals surface area (Å²) < 4.78 is 0. The normalized spacial score (nSPS) is 18.5. The average Bonchev–Trinajstić information content (AvgIpc) is 2.27. The lowest BCUT2D eigenvalue weighted by Gasteiger charge is -2.18. The molecule has 1 saturated heterocycles. The van der Waals surface area contributed by atoms with Crippen LogP contribution in [-0.2, 0) is 9.59 Å². The van der Waals surface area contributed by atoms with Gasteiger partial charge in [0.1, 0.15) is 0 Å². The summed E-state index contributed by atoms with van der Waals surface area (Å²) in [4.78, 5) is 23.3. The number of amides is 1. The van der Waals surface area contributed by atoms with E-state index in [0.29, 0.717) is 13.0 Å². The molecule has 1 aliphatic heterocycles. The summed E-state index contributed by atoms with van der Waals surface area (Å²) in [6.07, 6.45) is 3.68. The highest BCUT2D eigenvalue weighted by Crippen LogP contribution is 2.11. The summed E-state index contributed by atoms with van der Waals surface area (Å²) >= 11 is 0. The Bertz CT molecular complexity index is 203. The van der Waals surface area contributed by atoms with Crippen LogP contribution in [0.15, 0.2) is 0 Å². The molecule has 1 fully saturated rings. The van der Waals surface area contributed by atoms with Crippen LogP contribution in [0.2, 0.25) is 0 Å². The van der Waals surface area contributed by atoms with Crippen molar-refractivity contribution in [1.29, 1.82) is 0 Å². The second kappa shape index (κ2) is 4.84. The fourth-order valence-electron chi connectivity index (χ4n) is 1.51. The second-order valence-electron chi connectivity index (χ2n) is 3.34. The molecule has 0 radical (unpaired) electrons. The van der Waals surface area contributed by atoms with E-state index >= 15 is 0 Å². The van der Waals surface area contributed by atoms with Crippen molar-refractivity contribution < 1.29 is 14.7 Å². The first-order valence-electron chi connectivity index (χ1n) is 4.70. The Morgan fingerprint density at radius 3 is 2.85 bits per heavy atom. The topological polar surface area (TPSA) is 57.6 Å². The monoisotopic (exact) mass is 185 g/mol. The molecule has 0 aromatic heterocycles. The van der Waals surface area contributed by atoms with Gasteiger partial charge in [-0.15, -0.1) is 0 Å². The number of carbonyl (C=O) groups excluding carboxylic acids is 1.